The van der Waals surface area contributed by atoms with Crippen molar-refractivity contribution in [2.45, 2.75) is 17.9 Å². The van der Waals surface area contributed by atoms with Gasteiger partial charge in [0.15, 0.2) is 11.6 Å². The molecule has 0 aliphatic heterocycles. The van der Waals surface area contributed by atoms with Crippen LogP contribution >= 0.6 is 11.3 Å². The first-order chi connectivity index (χ1) is 9.31. The molecule has 3 N–H and O–H groups in total. The highest BCUT2D eigenvalue weighted by Gasteiger charge is 2.25. The highest BCUT2D eigenvalue weighted by atomic mass is 32.2. The molecule has 0 fully saturated rings. The molecule has 0 aliphatic carbocycles. The van der Waals surface area contributed by atoms with Gasteiger partial charge in [-0.05, 0) is 30.5 Å². The number of nitrogen functional groups attached to an aromatic ring is 1. The molecule has 0 bridgehead atoms. The molecule has 0 amide bonds. The number of benzene rings is 1. The molecule has 0 spiro atoms. The van der Waals surface area contributed by atoms with E-state index in [0.29, 0.717) is 0 Å². The minimum absolute atomic E-state index is 0.159. The third-order valence-electron chi connectivity index (χ3n) is 2.61. The van der Waals surface area contributed by atoms with Gasteiger partial charge in [-0.3, -0.25) is 0 Å². The van der Waals surface area contributed by atoms with Crippen molar-refractivity contribution < 1.29 is 17.2 Å². The Morgan fingerprint density at radius 1 is 1.35 bits per heavy atom. The van der Waals surface area contributed by atoms with Crippen molar-refractivity contribution in [3.63, 3.8) is 0 Å². The van der Waals surface area contributed by atoms with Gasteiger partial charge in [-0.25, -0.2) is 21.9 Å². The number of nitrogens with one attached hydrogen (secondary N) is 1. The monoisotopic (exact) mass is 318 g/mol. The largest absolute Gasteiger partial charge is 0.399 e. The molecule has 20 heavy (non-hydrogen) atoms. The van der Waals surface area contributed by atoms with Crippen LogP contribution in [0.25, 0.3) is 0 Å². The SMILES string of the molecule is CC(NS(=O)(=O)c1cc(N)cc(F)c1F)c1cccs1. The predicted octanol–water partition coefficient (Wildman–Crippen LogP) is 2.65. The summed E-state index contributed by atoms with van der Waals surface area (Å²) in [6.07, 6.45) is 0. The van der Waals surface area contributed by atoms with Crippen molar-refractivity contribution in [2.24, 2.45) is 0 Å². The van der Waals surface area contributed by atoms with Gasteiger partial charge >= 0.3 is 0 Å². The van der Waals surface area contributed by atoms with Crippen LogP contribution in [0.4, 0.5) is 14.5 Å². The van der Waals surface area contributed by atoms with Gasteiger partial charge in [-0.2, -0.15) is 0 Å². The van der Waals surface area contributed by atoms with Crippen LogP contribution in [-0.2, 0) is 10.0 Å². The molecule has 8 heteroatoms. The van der Waals surface area contributed by atoms with Crippen LogP contribution in [0.1, 0.15) is 17.8 Å². The maximum atomic E-state index is 13.6. The standard InChI is InChI=1S/C12H12F2N2O2S2/c1-7(10-3-2-4-19-10)16-20(17,18)11-6-8(15)5-9(13)12(11)14/h2-7,16H,15H2,1H3. The number of hydrogen-bond donors (Lipinski definition) is 2. The third kappa shape index (κ3) is 2.97. The summed E-state index contributed by atoms with van der Waals surface area (Å²) < 4.78 is 53.3. The lowest BCUT2D eigenvalue weighted by Gasteiger charge is -2.14. The fourth-order valence-corrected chi connectivity index (χ4v) is 3.82. The summed E-state index contributed by atoms with van der Waals surface area (Å²) in [5.74, 6) is -2.74. The van der Waals surface area contributed by atoms with Gasteiger partial charge in [0.05, 0.1) is 6.04 Å². The van der Waals surface area contributed by atoms with Crippen LogP contribution in [0.2, 0.25) is 0 Å². The predicted molar refractivity (Wildman–Crippen MR) is 73.8 cm³/mol. The summed E-state index contributed by atoms with van der Waals surface area (Å²) in [6, 6.07) is 4.59. The Bertz CT molecular complexity index is 715. The van der Waals surface area contributed by atoms with Crippen molar-refractivity contribution in [2.75, 3.05) is 5.73 Å². The molecular formula is C12H12F2N2O2S2. The lowest BCUT2D eigenvalue weighted by molar-refractivity contribution is 0.482. The van der Waals surface area contributed by atoms with E-state index in [9.17, 15) is 17.2 Å². The van der Waals surface area contributed by atoms with Gasteiger partial charge in [-0.15, -0.1) is 11.3 Å². The van der Waals surface area contributed by atoms with E-state index in [2.05, 4.69) is 4.72 Å². The number of nitrogens with two attached hydrogens (primary N) is 1. The van der Waals surface area contributed by atoms with Gasteiger partial charge in [0.2, 0.25) is 10.0 Å². The number of anilines is 1. The van der Waals surface area contributed by atoms with Gasteiger partial charge in [-0.1, -0.05) is 6.07 Å². The maximum absolute atomic E-state index is 13.6. The second-order valence-electron chi connectivity index (χ2n) is 4.17. The van der Waals surface area contributed by atoms with Crippen molar-refractivity contribution >= 4 is 27.0 Å². The molecule has 0 aliphatic rings. The average Bonchev–Trinajstić information content (AvgIpc) is 2.86. The van der Waals surface area contributed by atoms with Crippen LogP contribution in [0.5, 0.6) is 0 Å². The number of thiophene rings is 1. The quantitative estimate of drug-likeness (QED) is 0.851. The molecule has 2 aromatic rings. The third-order valence-corrected chi connectivity index (χ3v) is 5.20. The van der Waals surface area contributed by atoms with Gasteiger partial charge in [0.25, 0.3) is 0 Å². The van der Waals surface area contributed by atoms with E-state index in [1.54, 1.807) is 24.4 Å². The topological polar surface area (TPSA) is 72.2 Å². The number of sulfonamides is 1. The van der Waals surface area contributed by atoms with E-state index in [-0.39, 0.29) is 5.69 Å². The van der Waals surface area contributed by atoms with E-state index in [1.165, 1.54) is 11.3 Å². The zero-order valence-electron chi connectivity index (χ0n) is 10.4. The lowest BCUT2D eigenvalue weighted by atomic mass is 10.3. The minimum atomic E-state index is -4.20. The first-order valence-corrected chi connectivity index (χ1v) is 7.98. The lowest BCUT2D eigenvalue weighted by Crippen LogP contribution is -2.27. The molecular weight excluding hydrogens is 306 g/mol. The first-order valence-electron chi connectivity index (χ1n) is 5.61. The Morgan fingerprint density at radius 2 is 2.05 bits per heavy atom. The van der Waals surface area contributed by atoms with E-state index in [4.69, 9.17) is 5.73 Å². The molecule has 1 atom stereocenters. The van der Waals surface area contributed by atoms with E-state index < -0.39 is 32.6 Å². The Labute approximate surface area is 119 Å². The van der Waals surface area contributed by atoms with Crippen molar-refractivity contribution in [3.05, 3.63) is 46.2 Å². The van der Waals surface area contributed by atoms with Gasteiger partial charge < -0.3 is 5.73 Å². The normalized spacial score (nSPS) is 13.3. The Morgan fingerprint density at radius 3 is 2.65 bits per heavy atom. The second-order valence-corrected chi connectivity index (χ2v) is 6.83. The summed E-state index contributed by atoms with van der Waals surface area (Å²) in [6.45, 7) is 1.62. The number of hydrogen-bond acceptors (Lipinski definition) is 4. The average molecular weight is 318 g/mol. The molecule has 2 rings (SSSR count). The summed E-state index contributed by atoms with van der Waals surface area (Å²) in [5, 5.41) is 1.79. The van der Waals surface area contributed by atoms with Crippen molar-refractivity contribution in [1.29, 1.82) is 0 Å². The van der Waals surface area contributed by atoms with E-state index in [1.807, 2.05) is 0 Å². The van der Waals surface area contributed by atoms with Crippen molar-refractivity contribution in [3.8, 4) is 0 Å². The first kappa shape index (κ1) is 14.9. The van der Waals surface area contributed by atoms with E-state index >= 15 is 0 Å². The van der Waals surface area contributed by atoms with Crippen LogP contribution < -0.4 is 10.5 Å². The number of halogens is 2. The smallest absolute Gasteiger partial charge is 0.244 e. The van der Waals surface area contributed by atoms with Crippen molar-refractivity contribution in [1.82, 2.24) is 4.72 Å². The second kappa shape index (κ2) is 5.47. The molecule has 108 valence electrons. The Hall–Kier alpha value is -1.51. The Kier molecular flexibility index (Phi) is 4.07. The van der Waals surface area contributed by atoms with Gasteiger partial charge in [0, 0.05) is 10.6 Å². The maximum Gasteiger partial charge on any atom is 0.244 e. The van der Waals surface area contributed by atoms with Crippen LogP contribution in [0.3, 0.4) is 0 Å². The van der Waals surface area contributed by atoms with Crippen LogP contribution in [0, 0.1) is 11.6 Å². The molecule has 4 nitrogen and oxygen atoms in total. The molecule has 0 radical (unpaired) electrons. The summed E-state index contributed by atoms with van der Waals surface area (Å²) in [7, 11) is -4.20. The molecule has 1 unspecified atom stereocenters. The molecule has 0 saturated heterocycles. The molecule has 0 saturated carbocycles. The fraction of sp³-hybridized carbons (Fsp3) is 0.167. The highest BCUT2D eigenvalue weighted by molar-refractivity contribution is 7.89. The molecule has 1 heterocycles. The summed E-state index contributed by atoms with van der Waals surface area (Å²) in [5.41, 5.74) is 5.19. The summed E-state index contributed by atoms with van der Waals surface area (Å²) in [4.78, 5) is -0.0308. The fourth-order valence-electron chi connectivity index (χ4n) is 1.67. The van der Waals surface area contributed by atoms with Gasteiger partial charge in [0.1, 0.15) is 4.90 Å². The van der Waals surface area contributed by atoms with E-state index in [0.717, 1.165) is 17.0 Å². The molecule has 1 aromatic carbocycles. The Balaban J connectivity index is 2.36. The van der Waals surface area contributed by atoms with Crippen LogP contribution in [-0.4, -0.2) is 8.42 Å². The minimum Gasteiger partial charge on any atom is -0.399 e. The summed E-state index contributed by atoms with van der Waals surface area (Å²) >= 11 is 1.36. The van der Waals surface area contributed by atoms with Crippen LogP contribution in [0.15, 0.2) is 34.5 Å². The number of rotatable bonds is 4. The zero-order valence-corrected chi connectivity index (χ0v) is 12.1. The zero-order chi connectivity index (χ0) is 14.9. The molecule has 1 aromatic heterocycles. The highest BCUT2D eigenvalue weighted by Crippen LogP contribution is 2.24.